The number of halogens is 3. The van der Waals surface area contributed by atoms with Gasteiger partial charge in [-0.2, -0.15) is 0 Å². The average Bonchev–Trinajstić information content (AvgIpc) is 2.34. The molecule has 0 aliphatic rings. The minimum atomic E-state index is -0.373. The van der Waals surface area contributed by atoms with Crippen LogP contribution >= 0.6 is 27.5 Å². The number of phenolic OH excluding ortho intramolecular Hbond substituents is 1. The van der Waals surface area contributed by atoms with Gasteiger partial charge in [-0.3, -0.25) is 0 Å². The van der Waals surface area contributed by atoms with Crippen molar-refractivity contribution in [3.05, 3.63) is 57.3 Å². The van der Waals surface area contributed by atoms with E-state index in [9.17, 15) is 9.50 Å². The van der Waals surface area contributed by atoms with Crippen molar-refractivity contribution in [2.45, 2.75) is 6.54 Å². The molecule has 18 heavy (non-hydrogen) atoms. The highest BCUT2D eigenvalue weighted by molar-refractivity contribution is 9.10. The molecule has 0 fully saturated rings. The zero-order chi connectivity index (χ0) is 13.1. The van der Waals surface area contributed by atoms with E-state index in [1.54, 1.807) is 6.07 Å². The summed E-state index contributed by atoms with van der Waals surface area (Å²) in [5.74, 6) is -0.307. The van der Waals surface area contributed by atoms with Gasteiger partial charge in [0.15, 0.2) is 0 Å². The number of hydrogen-bond donors (Lipinski definition) is 2. The summed E-state index contributed by atoms with van der Waals surface area (Å²) in [5, 5.41) is 13.3. The molecule has 0 saturated carbocycles. The van der Waals surface area contributed by atoms with Gasteiger partial charge in [-0.25, -0.2) is 4.39 Å². The van der Waals surface area contributed by atoms with Crippen molar-refractivity contribution in [2.24, 2.45) is 0 Å². The van der Waals surface area contributed by atoms with Gasteiger partial charge in [-0.05, 0) is 52.3 Å². The Kier molecular flexibility index (Phi) is 4.09. The molecule has 2 nitrogen and oxygen atoms in total. The Balaban J connectivity index is 2.11. The summed E-state index contributed by atoms with van der Waals surface area (Å²) >= 11 is 9.20. The lowest BCUT2D eigenvalue weighted by atomic mass is 10.2. The van der Waals surface area contributed by atoms with Crippen LogP contribution in [0.5, 0.6) is 5.75 Å². The predicted octanol–water partition coefficient (Wildman–Crippen LogP) is 4.56. The average molecular weight is 331 g/mol. The molecule has 0 aliphatic carbocycles. The highest BCUT2D eigenvalue weighted by Gasteiger charge is 2.04. The third-order valence-corrected chi connectivity index (χ3v) is 3.66. The minimum absolute atomic E-state index is 0.0666. The number of anilines is 1. The van der Waals surface area contributed by atoms with E-state index in [0.717, 1.165) is 10.2 Å². The molecule has 0 aromatic heterocycles. The maximum atomic E-state index is 13.0. The topological polar surface area (TPSA) is 32.3 Å². The van der Waals surface area contributed by atoms with Gasteiger partial charge >= 0.3 is 0 Å². The SMILES string of the molecule is Oc1ccc(F)cc1CNc1ccc(Cl)c(Br)c1. The molecular formula is C13H10BrClFNO. The van der Waals surface area contributed by atoms with Crippen LogP contribution < -0.4 is 5.32 Å². The number of phenols is 1. The maximum absolute atomic E-state index is 13.0. The fourth-order valence-electron chi connectivity index (χ4n) is 1.50. The molecule has 0 spiro atoms. The Hall–Kier alpha value is -1.26. The number of rotatable bonds is 3. The summed E-state index contributed by atoms with van der Waals surface area (Å²) < 4.78 is 13.8. The van der Waals surface area contributed by atoms with Crippen LogP contribution in [0.4, 0.5) is 10.1 Å². The van der Waals surface area contributed by atoms with Gasteiger partial charge in [0, 0.05) is 22.3 Å². The Morgan fingerprint density at radius 1 is 1.22 bits per heavy atom. The normalized spacial score (nSPS) is 10.4. The number of hydrogen-bond acceptors (Lipinski definition) is 2. The second kappa shape index (κ2) is 5.59. The molecule has 0 heterocycles. The quantitative estimate of drug-likeness (QED) is 0.864. The fraction of sp³-hybridized carbons (Fsp3) is 0.0769. The second-order valence-corrected chi connectivity index (χ2v) is 5.02. The lowest BCUT2D eigenvalue weighted by molar-refractivity contribution is 0.466. The Morgan fingerprint density at radius 3 is 2.72 bits per heavy atom. The summed E-state index contributed by atoms with van der Waals surface area (Å²) in [6.45, 7) is 0.331. The molecule has 0 amide bonds. The summed E-state index contributed by atoms with van der Waals surface area (Å²) in [5.41, 5.74) is 1.33. The van der Waals surface area contributed by atoms with Crippen LogP contribution in [0.15, 0.2) is 40.9 Å². The summed E-state index contributed by atoms with van der Waals surface area (Å²) in [6, 6.07) is 9.23. The van der Waals surface area contributed by atoms with E-state index in [2.05, 4.69) is 21.2 Å². The largest absolute Gasteiger partial charge is 0.508 e. The van der Waals surface area contributed by atoms with Crippen molar-refractivity contribution < 1.29 is 9.50 Å². The molecule has 0 atom stereocenters. The first-order chi connectivity index (χ1) is 8.56. The van der Waals surface area contributed by atoms with Crippen LogP contribution in [-0.4, -0.2) is 5.11 Å². The van der Waals surface area contributed by atoms with Crippen molar-refractivity contribution in [3.63, 3.8) is 0 Å². The summed E-state index contributed by atoms with van der Waals surface area (Å²) in [6.07, 6.45) is 0. The van der Waals surface area contributed by atoms with Crippen molar-refractivity contribution in [2.75, 3.05) is 5.32 Å². The smallest absolute Gasteiger partial charge is 0.123 e. The van der Waals surface area contributed by atoms with Gasteiger partial charge in [0.25, 0.3) is 0 Å². The molecule has 2 aromatic carbocycles. The zero-order valence-corrected chi connectivity index (χ0v) is 11.6. The van der Waals surface area contributed by atoms with E-state index in [1.807, 2.05) is 12.1 Å². The van der Waals surface area contributed by atoms with Crippen LogP contribution in [0.2, 0.25) is 5.02 Å². The van der Waals surface area contributed by atoms with Gasteiger partial charge in [0.2, 0.25) is 0 Å². The minimum Gasteiger partial charge on any atom is -0.508 e. The van der Waals surface area contributed by atoms with Crippen molar-refractivity contribution in [1.29, 1.82) is 0 Å². The lowest BCUT2D eigenvalue weighted by Gasteiger charge is -2.09. The van der Waals surface area contributed by atoms with E-state index >= 15 is 0 Å². The van der Waals surface area contributed by atoms with Gasteiger partial charge < -0.3 is 10.4 Å². The highest BCUT2D eigenvalue weighted by atomic mass is 79.9. The van der Waals surface area contributed by atoms with E-state index in [4.69, 9.17) is 11.6 Å². The Morgan fingerprint density at radius 2 is 2.00 bits per heavy atom. The number of aromatic hydroxyl groups is 1. The monoisotopic (exact) mass is 329 g/mol. The van der Waals surface area contributed by atoms with E-state index in [-0.39, 0.29) is 11.6 Å². The first-order valence-electron chi connectivity index (χ1n) is 5.22. The van der Waals surface area contributed by atoms with Crippen molar-refractivity contribution in [3.8, 4) is 5.75 Å². The third kappa shape index (κ3) is 3.15. The van der Waals surface area contributed by atoms with Crippen LogP contribution in [0.1, 0.15) is 5.56 Å². The van der Waals surface area contributed by atoms with E-state index in [0.29, 0.717) is 17.1 Å². The van der Waals surface area contributed by atoms with Gasteiger partial charge in [0.1, 0.15) is 11.6 Å². The zero-order valence-electron chi connectivity index (χ0n) is 9.25. The maximum Gasteiger partial charge on any atom is 0.123 e. The molecule has 2 aromatic rings. The first-order valence-corrected chi connectivity index (χ1v) is 6.39. The summed E-state index contributed by atoms with van der Waals surface area (Å²) in [7, 11) is 0. The Labute approximate surface area is 118 Å². The molecule has 2 rings (SSSR count). The van der Waals surface area contributed by atoms with Crippen LogP contribution in [-0.2, 0) is 6.54 Å². The molecule has 2 N–H and O–H groups in total. The second-order valence-electron chi connectivity index (χ2n) is 3.76. The Bertz CT molecular complexity index is 577. The first kappa shape index (κ1) is 13.2. The molecule has 5 heteroatoms. The molecule has 0 bridgehead atoms. The molecular weight excluding hydrogens is 321 g/mol. The lowest BCUT2D eigenvalue weighted by Crippen LogP contribution is -2.00. The standard InChI is InChI=1S/C13H10BrClFNO/c14-11-6-10(2-3-12(11)15)17-7-8-5-9(16)1-4-13(8)18/h1-6,17-18H,7H2. The van der Waals surface area contributed by atoms with Gasteiger partial charge in [-0.15, -0.1) is 0 Å². The van der Waals surface area contributed by atoms with E-state index < -0.39 is 0 Å². The molecule has 0 unspecified atom stereocenters. The number of benzene rings is 2. The van der Waals surface area contributed by atoms with Gasteiger partial charge in [0.05, 0.1) is 5.02 Å². The van der Waals surface area contributed by atoms with Crippen LogP contribution in [0.3, 0.4) is 0 Å². The van der Waals surface area contributed by atoms with Crippen molar-refractivity contribution >= 4 is 33.2 Å². The predicted molar refractivity (Wildman–Crippen MR) is 74.5 cm³/mol. The number of nitrogens with one attached hydrogen (secondary N) is 1. The molecule has 0 saturated heterocycles. The van der Waals surface area contributed by atoms with Crippen molar-refractivity contribution in [1.82, 2.24) is 0 Å². The van der Waals surface area contributed by atoms with E-state index in [1.165, 1.54) is 18.2 Å². The summed E-state index contributed by atoms with van der Waals surface area (Å²) in [4.78, 5) is 0. The van der Waals surface area contributed by atoms with Gasteiger partial charge in [-0.1, -0.05) is 11.6 Å². The highest BCUT2D eigenvalue weighted by Crippen LogP contribution is 2.26. The fourth-order valence-corrected chi connectivity index (χ4v) is 2.00. The van der Waals surface area contributed by atoms with Crippen LogP contribution in [0, 0.1) is 5.82 Å². The van der Waals surface area contributed by atoms with Crippen LogP contribution in [0.25, 0.3) is 0 Å². The molecule has 0 radical (unpaired) electrons. The molecule has 0 aliphatic heterocycles. The third-order valence-electron chi connectivity index (χ3n) is 2.44. The molecule has 94 valence electrons.